The maximum absolute atomic E-state index is 13.9. The molecule has 2 aromatic carbocycles. The molecule has 0 aliphatic rings. The highest BCUT2D eigenvalue weighted by molar-refractivity contribution is 5.90. The average Bonchev–Trinajstić information content (AvgIpc) is 2.68. The molecule has 0 bridgehead atoms. The van der Waals surface area contributed by atoms with Gasteiger partial charge >= 0.3 is 12.1 Å². The van der Waals surface area contributed by atoms with Gasteiger partial charge in [0.1, 0.15) is 11.3 Å². The van der Waals surface area contributed by atoms with Crippen molar-refractivity contribution < 1.29 is 27.8 Å². The van der Waals surface area contributed by atoms with Gasteiger partial charge in [0.15, 0.2) is 5.75 Å². The average molecular weight is 409 g/mol. The number of nitrogens with zero attached hydrogens (tertiary/aromatic N) is 1. The third-order valence-corrected chi connectivity index (χ3v) is 4.49. The molecule has 0 aromatic heterocycles. The van der Waals surface area contributed by atoms with Crippen LogP contribution in [0.2, 0.25) is 0 Å². The number of carboxylic acid groups (broad SMARTS) is 1. The first-order valence-electron chi connectivity index (χ1n) is 9.74. The number of ether oxygens (including phenoxy) is 1. The van der Waals surface area contributed by atoms with E-state index < -0.39 is 23.3 Å². The molecule has 0 fully saturated rings. The minimum Gasteiger partial charge on any atom is -0.478 e. The maximum atomic E-state index is 13.9. The number of unbranched alkanes of at least 4 members (excludes halogenated alkanes) is 2. The van der Waals surface area contributed by atoms with Gasteiger partial charge in [-0.15, -0.1) is 0 Å². The lowest BCUT2D eigenvalue weighted by Gasteiger charge is -2.29. The molecule has 0 spiro atoms. The van der Waals surface area contributed by atoms with E-state index in [-0.39, 0.29) is 17.2 Å². The third kappa shape index (κ3) is 6.14. The predicted molar refractivity (Wildman–Crippen MR) is 107 cm³/mol. The number of para-hydroxylation sites is 1. The molecule has 0 saturated heterocycles. The van der Waals surface area contributed by atoms with Gasteiger partial charge in [0.05, 0.1) is 11.3 Å². The van der Waals surface area contributed by atoms with Crippen molar-refractivity contribution in [2.24, 2.45) is 0 Å². The Bertz CT molecular complexity index is 799. The zero-order chi connectivity index (χ0) is 21.4. The quantitative estimate of drug-likeness (QED) is 0.480. The predicted octanol–water partition coefficient (Wildman–Crippen LogP) is 6.60. The zero-order valence-electron chi connectivity index (χ0n) is 16.6. The molecule has 2 rings (SSSR count). The Hall–Kier alpha value is -2.70. The molecular weight excluding hydrogens is 383 g/mol. The van der Waals surface area contributed by atoms with E-state index in [4.69, 9.17) is 4.74 Å². The lowest BCUT2D eigenvalue weighted by molar-refractivity contribution is -0.138. The molecule has 4 nitrogen and oxygen atoms in total. The van der Waals surface area contributed by atoms with Gasteiger partial charge in [-0.3, -0.25) is 0 Å². The first-order chi connectivity index (χ1) is 13.8. The van der Waals surface area contributed by atoms with Crippen molar-refractivity contribution in [1.82, 2.24) is 0 Å². The van der Waals surface area contributed by atoms with Gasteiger partial charge in [-0.05, 0) is 37.1 Å². The summed E-state index contributed by atoms with van der Waals surface area (Å²) in [5.74, 6) is -1.51. The normalized spacial score (nSPS) is 11.3. The van der Waals surface area contributed by atoms with Crippen LogP contribution in [0.4, 0.5) is 18.9 Å². The lowest BCUT2D eigenvalue weighted by atomic mass is 10.0. The van der Waals surface area contributed by atoms with Crippen molar-refractivity contribution >= 4 is 11.7 Å². The van der Waals surface area contributed by atoms with Crippen molar-refractivity contribution in [3.63, 3.8) is 0 Å². The van der Waals surface area contributed by atoms with E-state index in [1.54, 1.807) is 35.2 Å². The number of alkyl halides is 3. The molecule has 1 N–H and O–H groups in total. The van der Waals surface area contributed by atoms with Crippen molar-refractivity contribution in [2.45, 2.75) is 45.7 Å². The number of hydrogen-bond donors (Lipinski definition) is 1. The highest BCUT2D eigenvalue weighted by Gasteiger charge is 2.38. The van der Waals surface area contributed by atoms with Crippen LogP contribution in [0, 0.1) is 0 Å². The minimum absolute atomic E-state index is 0.156. The largest absolute Gasteiger partial charge is 0.478 e. The monoisotopic (exact) mass is 409 g/mol. The number of anilines is 1. The number of aromatic carboxylic acids is 1. The summed E-state index contributed by atoms with van der Waals surface area (Å²) in [6.45, 7) is 5.02. The number of hydrogen-bond acceptors (Lipinski definition) is 3. The molecule has 0 amide bonds. The molecule has 0 saturated carbocycles. The molecule has 0 radical (unpaired) electrons. The molecule has 7 heteroatoms. The van der Waals surface area contributed by atoms with Crippen LogP contribution in [0.3, 0.4) is 0 Å². The Labute approximate surface area is 168 Å². The van der Waals surface area contributed by atoms with Crippen LogP contribution in [-0.2, 0) is 6.18 Å². The number of carbonyl (C=O) groups is 1. The summed E-state index contributed by atoms with van der Waals surface area (Å²) in [5, 5.41) is 9.39. The molecule has 158 valence electrons. The Balaban J connectivity index is 2.68. The van der Waals surface area contributed by atoms with E-state index in [2.05, 4.69) is 0 Å². The van der Waals surface area contributed by atoms with Gasteiger partial charge in [-0.1, -0.05) is 44.9 Å². The first kappa shape index (κ1) is 22.6. The highest BCUT2D eigenvalue weighted by atomic mass is 19.4. The summed E-state index contributed by atoms with van der Waals surface area (Å²) < 4.78 is 47.2. The Morgan fingerprint density at radius 1 is 1.03 bits per heavy atom. The van der Waals surface area contributed by atoms with Gasteiger partial charge in [0.2, 0.25) is 0 Å². The Kier molecular flexibility index (Phi) is 7.93. The first-order valence-corrected chi connectivity index (χ1v) is 9.74. The van der Waals surface area contributed by atoms with E-state index in [9.17, 15) is 23.1 Å². The van der Waals surface area contributed by atoms with E-state index in [1.807, 2.05) is 13.8 Å². The van der Waals surface area contributed by atoms with Crippen LogP contribution in [0.5, 0.6) is 11.5 Å². The summed E-state index contributed by atoms with van der Waals surface area (Å²) in [5.41, 5.74) is -1.34. The summed E-state index contributed by atoms with van der Waals surface area (Å²) in [7, 11) is 0. The molecule has 29 heavy (non-hydrogen) atoms. The molecule has 0 atom stereocenters. The lowest BCUT2D eigenvalue weighted by Crippen LogP contribution is -2.27. The number of rotatable bonds is 10. The molecule has 0 unspecified atom stereocenters. The van der Waals surface area contributed by atoms with Gasteiger partial charge < -0.3 is 14.7 Å². The third-order valence-electron chi connectivity index (χ3n) is 4.49. The van der Waals surface area contributed by atoms with E-state index in [1.165, 1.54) is 6.07 Å². The second-order valence-electron chi connectivity index (χ2n) is 6.78. The van der Waals surface area contributed by atoms with Gasteiger partial charge in [0.25, 0.3) is 0 Å². The van der Waals surface area contributed by atoms with Crippen LogP contribution >= 0.6 is 0 Å². The fourth-order valence-electron chi connectivity index (χ4n) is 2.95. The van der Waals surface area contributed by atoms with Gasteiger partial charge in [-0.25, -0.2) is 4.79 Å². The minimum atomic E-state index is -4.76. The van der Waals surface area contributed by atoms with E-state index >= 15 is 0 Å². The standard InChI is InChI=1S/C22H26F3NO3/c1-3-5-12-26(13-6-4-2)19-15-16(21(27)28)14-18(22(23,24)25)20(19)29-17-10-8-7-9-11-17/h7-11,14-15H,3-6,12-13H2,1-2H3,(H,27,28). The van der Waals surface area contributed by atoms with Crippen molar-refractivity contribution in [1.29, 1.82) is 0 Å². The van der Waals surface area contributed by atoms with Crippen LogP contribution in [0.15, 0.2) is 42.5 Å². The van der Waals surface area contributed by atoms with E-state index in [0.29, 0.717) is 19.2 Å². The summed E-state index contributed by atoms with van der Waals surface area (Å²) in [4.78, 5) is 13.3. The highest BCUT2D eigenvalue weighted by Crippen LogP contribution is 2.45. The Morgan fingerprint density at radius 3 is 2.10 bits per heavy atom. The summed E-state index contributed by atoms with van der Waals surface area (Å²) >= 11 is 0. The van der Waals surface area contributed by atoms with Gasteiger partial charge in [-0.2, -0.15) is 13.2 Å². The van der Waals surface area contributed by atoms with Crippen molar-refractivity contribution in [3.05, 3.63) is 53.6 Å². The summed E-state index contributed by atoms with van der Waals surface area (Å²) in [6, 6.07) is 10.1. The molecule has 0 aliphatic heterocycles. The van der Waals surface area contributed by atoms with Crippen molar-refractivity contribution in [2.75, 3.05) is 18.0 Å². The van der Waals surface area contributed by atoms with Crippen LogP contribution < -0.4 is 9.64 Å². The number of halogens is 3. The molecule has 0 aliphatic carbocycles. The second kappa shape index (κ2) is 10.2. The zero-order valence-corrected chi connectivity index (χ0v) is 16.6. The Morgan fingerprint density at radius 2 is 1.62 bits per heavy atom. The SMILES string of the molecule is CCCCN(CCCC)c1cc(C(=O)O)cc(C(F)(F)F)c1Oc1ccccc1. The maximum Gasteiger partial charge on any atom is 0.420 e. The van der Waals surface area contributed by atoms with Gasteiger partial charge in [0, 0.05) is 13.1 Å². The smallest absolute Gasteiger partial charge is 0.420 e. The van der Waals surface area contributed by atoms with Crippen LogP contribution in [0.1, 0.15) is 55.5 Å². The molecule has 0 heterocycles. The fraction of sp³-hybridized carbons (Fsp3) is 0.409. The molecular formula is C22H26F3NO3. The van der Waals surface area contributed by atoms with E-state index in [0.717, 1.165) is 25.7 Å². The van der Waals surface area contributed by atoms with Crippen LogP contribution in [0.25, 0.3) is 0 Å². The fourth-order valence-corrected chi connectivity index (χ4v) is 2.95. The molecule has 2 aromatic rings. The number of carboxylic acids is 1. The topological polar surface area (TPSA) is 49.8 Å². The second-order valence-corrected chi connectivity index (χ2v) is 6.78. The van der Waals surface area contributed by atoms with Crippen LogP contribution in [-0.4, -0.2) is 24.2 Å². The number of benzene rings is 2. The van der Waals surface area contributed by atoms with Crippen molar-refractivity contribution in [3.8, 4) is 11.5 Å². The summed E-state index contributed by atoms with van der Waals surface area (Å²) in [6.07, 6.45) is -1.49.